The van der Waals surface area contributed by atoms with Gasteiger partial charge in [0, 0.05) is 5.70 Å². The maximum absolute atomic E-state index is 5.50. The van der Waals surface area contributed by atoms with E-state index in [4.69, 9.17) is 5.73 Å². The van der Waals surface area contributed by atoms with E-state index < -0.39 is 0 Å². The molecule has 0 radical (unpaired) electrons. The second-order valence-electron chi connectivity index (χ2n) is 2.02. The lowest BCUT2D eigenvalue weighted by molar-refractivity contribution is 0.696. The van der Waals surface area contributed by atoms with Gasteiger partial charge in [0.1, 0.15) is 0 Å². The molecule has 0 aromatic heterocycles. The van der Waals surface area contributed by atoms with Crippen molar-refractivity contribution in [3.05, 3.63) is 11.8 Å². The van der Waals surface area contributed by atoms with Gasteiger partial charge < -0.3 is 5.73 Å². The van der Waals surface area contributed by atoms with E-state index in [1.54, 1.807) is 0 Å². The molecule has 0 aliphatic heterocycles. The summed E-state index contributed by atoms with van der Waals surface area (Å²) in [6.07, 6.45) is 7.08. The van der Waals surface area contributed by atoms with Gasteiger partial charge in [-0.25, -0.2) is 0 Å². The molecule has 2 heteroatoms. The molecule has 0 saturated heterocycles. The van der Waals surface area contributed by atoms with Crippen LogP contribution in [0.2, 0.25) is 0 Å². The van der Waals surface area contributed by atoms with Gasteiger partial charge in [0.15, 0.2) is 0 Å². The number of nitrogens with two attached hydrogens (primary N) is 1. The van der Waals surface area contributed by atoms with E-state index in [2.05, 4.69) is 6.08 Å². The van der Waals surface area contributed by atoms with Crippen LogP contribution in [-0.2, 0) is 0 Å². The van der Waals surface area contributed by atoms with Gasteiger partial charge in [0.05, 0.1) is 0 Å². The van der Waals surface area contributed by atoms with Crippen LogP contribution in [0.1, 0.15) is 25.7 Å². The first-order valence-corrected chi connectivity index (χ1v) is 2.84. The molecule has 0 heterocycles. The highest BCUT2D eigenvalue weighted by atomic mass is 35.5. The summed E-state index contributed by atoms with van der Waals surface area (Å²) >= 11 is 0. The van der Waals surface area contributed by atoms with Gasteiger partial charge in [-0.1, -0.05) is 6.08 Å². The van der Waals surface area contributed by atoms with Crippen molar-refractivity contribution in [1.29, 1.82) is 0 Å². The van der Waals surface area contributed by atoms with E-state index in [9.17, 15) is 0 Å². The molecule has 0 aromatic carbocycles. The summed E-state index contributed by atoms with van der Waals surface area (Å²) in [4.78, 5) is 0. The lowest BCUT2D eigenvalue weighted by Crippen LogP contribution is -2.00. The summed E-state index contributed by atoms with van der Waals surface area (Å²) in [5.74, 6) is 0. The number of hydrogen-bond acceptors (Lipinski definition) is 1. The second kappa shape index (κ2) is 3.79. The first-order valence-electron chi connectivity index (χ1n) is 2.84. The summed E-state index contributed by atoms with van der Waals surface area (Å²) in [6.45, 7) is 0. The van der Waals surface area contributed by atoms with E-state index in [0.29, 0.717) is 0 Å². The largest absolute Gasteiger partial charge is 0.402 e. The van der Waals surface area contributed by atoms with Gasteiger partial charge in [0.2, 0.25) is 0 Å². The molecule has 0 aromatic rings. The fourth-order valence-electron chi connectivity index (χ4n) is 0.863. The van der Waals surface area contributed by atoms with Gasteiger partial charge in [-0.2, -0.15) is 0 Å². The molecule has 0 amide bonds. The maximum atomic E-state index is 5.50. The average molecular weight is 134 g/mol. The first-order chi connectivity index (χ1) is 3.39. The highest BCUT2D eigenvalue weighted by Crippen LogP contribution is 2.11. The van der Waals surface area contributed by atoms with Crippen molar-refractivity contribution in [3.8, 4) is 0 Å². The molecule has 1 aliphatic rings. The Bertz CT molecular complexity index is 88.5. The summed E-state index contributed by atoms with van der Waals surface area (Å²) in [5, 5.41) is 0. The van der Waals surface area contributed by atoms with Crippen LogP contribution in [0.4, 0.5) is 0 Å². The standard InChI is InChI=1S/C6H11N.ClH/c7-6-4-2-1-3-5-6;/h4H,1-3,5,7H2;1H. The Kier molecular flexibility index (Phi) is 3.71. The Labute approximate surface area is 56.4 Å². The molecular weight excluding hydrogens is 122 g/mol. The third-order valence-corrected chi connectivity index (χ3v) is 1.33. The zero-order chi connectivity index (χ0) is 5.11. The van der Waals surface area contributed by atoms with Crippen LogP contribution in [0, 0.1) is 0 Å². The van der Waals surface area contributed by atoms with Gasteiger partial charge in [-0.05, 0) is 25.7 Å². The molecule has 0 saturated carbocycles. The Balaban J connectivity index is 0.000000490. The van der Waals surface area contributed by atoms with E-state index in [-0.39, 0.29) is 12.4 Å². The second-order valence-corrected chi connectivity index (χ2v) is 2.02. The van der Waals surface area contributed by atoms with Gasteiger partial charge >= 0.3 is 0 Å². The number of halogens is 1. The van der Waals surface area contributed by atoms with Crippen LogP contribution in [-0.4, -0.2) is 0 Å². The SMILES string of the molecule is Cl.NC1=CCCCC1. The molecule has 0 bridgehead atoms. The summed E-state index contributed by atoms with van der Waals surface area (Å²) in [5.41, 5.74) is 6.58. The third kappa shape index (κ3) is 2.22. The molecular formula is C6H12ClN. The van der Waals surface area contributed by atoms with E-state index in [1.165, 1.54) is 19.3 Å². The summed E-state index contributed by atoms with van der Waals surface area (Å²) in [6, 6.07) is 0. The molecule has 1 aliphatic carbocycles. The Morgan fingerprint density at radius 2 is 2.12 bits per heavy atom. The minimum atomic E-state index is 0. The fourth-order valence-corrected chi connectivity index (χ4v) is 0.863. The van der Waals surface area contributed by atoms with E-state index >= 15 is 0 Å². The van der Waals surface area contributed by atoms with Gasteiger partial charge in [-0.3, -0.25) is 0 Å². The average Bonchev–Trinajstić information content (AvgIpc) is 1.69. The van der Waals surface area contributed by atoms with Crippen molar-refractivity contribution in [2.24, 2.45) is 5.73 Å². The Morgan fingerprint density at radius 1 is 1.38 bits per heavy atom. The summed E-state index contributed by atoms with van der Waals surface area (Å²) in [7, 11) is 0. The maximum Gasteiger partial charge on any atom is 0.00399 e. The lowest BCUT2D eigenvalue weighted by atomic mass is 10.1. The Morgan fingerprint density at radius 3 is 2.38 bits per heavy atom. The number of rotatable bonds is 0. The van der Waals surface area contributed by atoms with Crippen molar-refractivity contribution in [1.82, 2.24) is 0 Å². The predicted octanol–water partition coefficient (Wildman–Crippen LogP) is 1.82. The van der Waals surface area contributed by atoms with Crippen LogP contribution < -0.4 is 5.73 Å². The van der Waals surface area contributed by atoms with Crippen molar-refractivity contribution in [2.45, 2.75) is 25.7 Å². The van der Waals surface area contributed by atoms with Crippen LogP contribution >= 0.6 is 12.4 Å². The van der Waals surface area contributed by atoms with Crippen LogP contribution in [0.25, 0.3) is 0 Å². The molecule has 0 spiro atoms. The Hall–Kier alpha value is -0.170. The normalized spacial score (nSPS) is 18.8. The highest BCUT2D eigenvalue weighted by Gasteiger charge is 1.95. The fraction of sp³-hybridized carbons (Fsp3) is 0.667. The molecule has 1 nitrogen and oxygen atoms in total. The zero-order valence-corrected chi connectivity index (χ0v) is 5.71. The molecule has 1 rings (SSSR count). The minimum Gasteiger partial charge on any atom is -0.402 e. The smallest absolute Gasteiger partial charge is 0.00399 e. The molecule has 0 unspecified atom stereocenters. The predicted molar refractivity (Wildman–Crippen MR) is 38.0 cm³/mol. The quantitative estimate of drug-likeness (QED) is 0.536. The molecule has 0 atom stereocenters. The first kappa shape index (κ1) is 7.83. The van der Waals surface area contributed by atoms with Gasteiger partial charge in [-0.15, -0.1) is 12.4 Å². The van der Waals surface area contributed by atoms with Crippen LogP contribution in [0.3, 0.4) is 0 Å². The van der Waals surface area contributed by atoms with E-state index in [1.807, 2.05) is 0 Å². The zero-order valence-electron chi connectivity index (χ0n) is 4.89. The van der Waals surface area contributed by atoms with E-state index in [0.717, 1.165) is 12.1 Å². The van der Waals surface area contributed by atoms with Crippen molar-refractivity contribution in [2.75, 3.05) is 0 Å². The third-order valence-electron chi connectivity index (χ3n) is 1.33. The van der Waals surface area contributed by atoms with Crippen molar-refractivity contribution in [3.63, 3.8) is 0 Å². The molecule has 2 N–H and O–H groups in total. The topological polar surface area (TPSA) is 26.0 Å². The van der Waals surface area contributed by atoms with Gasteiger partial charge in [0.25, 0.3) is 0 Å². The molecule has 8 heavy (non-hydrogen) atoms. The monoisotopic (exact) mass is 133 g/mol. The highest BCUT2D eigenvalue weighted by molar-refractivity contribution is 5.85. The summed E-state index contributed by atoms with van der Waals surface area (Å²) < 4.78 is 0. The number of hydrogen-bond donors (Lipinski definition) is 1. The molecule has 48 valence electrons. The lowest BCUT2D eigenvalue weighted by Gasteiger charge is -2.05. The van der Waals surface area contributed by atoms with Crippen molar-refractivity contribution >= 4 is 12.4 Å². The van der Waals surface area contributed by atoms with Crippen molar-refractivity contribution < 1.29 is 0 Å². The molecule has 0 fully saturated rings. The number of allylic oxidation sites excluding steroid dienone is 2. The van der Waals surface area contributed by atoms with Crippen LogP contribution in [0.5, 0.6) is 0 Å². The van der Waals surface area contributed by atoms with Crippen LogP contribution in [0.15, 0.2) is 11.8 Å². The minimum absolute atomic E-state index is 0.